The van der Waals surface area contributed by atoms with E-state index in [9.17, 15) is 13.2 Å². The number of sulfonamides is 1. The van der Waals surface area contributed by atoms with Crippen LogP contribution in [0.4, 0.5) is 5.69 Å². The fraction of sp³-hybridized carbons (Fsp3) is 0.350. The van der Waals surface area contributed by atoms with Crippen LogP contribution in [0.5, 0.6) is 5.75 Å². The highest BCUT2D eigenvalue weighted by atomic mass is 35.5. The van der Waals surface area contributed by atoms with Crippen molar-refractivity contribution in [3.63, 3.8) is 0 Å². The molecule has 0 aromatic heterocycles. The highest BCUT2D eigenvalue weighted by Crippen LogP contribution is 2.30. The van der Waals surface area contributed by atoms with Crippen LogP contribution in [0.3, 0.4) is 0 Å². The molecule has 0 aliphatic rings. The molecule has 29 heavy (non-hydrogen) atoms. The smallest absolute Gasteiger partial charge is 0.232 e. The lowest BCUT2D eigenvalue weighted by Crippen LogP contribution is -2.32. The zero-order valence-electron chi connectivity index (χ0n) is 16.3. The largest absolute Gasteiger partial charge is 0.495 e. The maximum Gasteiger partial charge on any atom is 0.232 e. The first-order chi connectivity index (χ1) is 13.7. The van der Waals surface area contributed by atoms with Crippen molar-refractivity contribution in [3.05, 3.63) is 58.1 Å². The van der Waals surface area contributed by atoms with Crippen molar-refractivity contribution in [2.24, 2.45) is 0 Å². The van der Waals surface area contributed by atoms with Crippen molar-refractivity contribution in [1.82, 2.24) is 5.32 Å². The maximum absolute atomic E-state index is 12.2. The number of carbonyl (C=O) groups excluding carboxylic acids is 1. The molecular formula is C20H24Cl2N2O4S. The fourth-order valence-corrected chi connectivity index (χ4v) is 4.10. The van der Waals surface area contributed by atoms with E-state index in [4.69, 9.17) is 27.9 Å². The molecule has 0 atom stereocenters. The summed E-state index contributed by atoms with van der Waals surface area (Å²) >= 11 is 12.0. The first kappa shape index (κ1) is 23.3. The maximum atomic E-state index is 12.2. The first-order valence-electron chi connectivity index (χ1n) is 9.03. The van der Waals surface area contributed by atoms with Crippen LogP contribution in [0.1, 0.15) is 18.4 Å². The molecule has 0 fully saturated rings. The number of rotatable bonds is 10. The minimum absolute atomic E-state index is 0.125. The van der Waals surface area contributed by atoms with E-state index >= 15 is 0 Å². The molecular weight excluding hydrogens is 435 g/mol. The van der Waals surface area contributed by atoms with Gasteiger partial charge in [0, 0.05) is 24.5 Å². The Morgan fingerprint density at radius 3 is 2.41 bits per heavy atom. The molecule has 0 aliphatic heterocycles. The predicted octanol–water partition coefficient (Wildman–Crippen LogP) is 3.91. The highest BCUT2D eigenvalue weighted by Gasteiger charge is 2.19. The summed E-state index contributed by atoms with van der Waals surface area (Å²) in [6.45, 7) is 0.677. The van der Waals surface area contributed by atoms with Gasteiger partial charge in [-0.3, -0.25) is 9.10 Å². The van der Waals surface area contributed by atoms with E-state index in [1.807, 2.05) is 24.3 Å². The molecule has 2 aromatic rings. The summed E-state index contributed by atoms with van der Waals surface area (Å²) in [6.07, 6.45) is 2.42. The van der Waals surface area contributed by atoms with Gasteiger partial charge in [0.15, 0.2) is 0 Å². The summed E-state index contributed by atoms with van der Waals surface area (Å²) in [6, 6.07) is 12.2. The average molecular weight is 459 g/mol. The number of nitrogens with one attached hydrogen (secondary N) is 1. The Bertz CT molecular complexity index is 934. The van der Waals surface area contributed by atoms with Gasteiger partial charge in [0.1, 0.15) is 5.75 Å². The number of nitrogens with zero attached hydrogens (tertiary/aromatic N) is 1. The molecule has 2 aromatic carbocycles. The van der Waals surface area contributed by atoms with Crippen molar-refractivity contribution in [3.8, 4) is 5.75 Å². The van der Waals surface area contributed by atoms with Gasteiger partial charge in [-0.15, -0.1) is 0 Å². The van der Waals surface area contributed by atoms with E-state index < -0.39 is 10.0 Å². The molecule has 2 rings (SSSR count). The number of halogens is 2. The van der Waals surface area contributed by atoms with E-state index in [0.717, 1.165) is 11.8 Å². The fourth-order valence-electron chi connectivity index (χ4n) is 2.77. The normalized spacial score (nSPS) is 11.2. The number of ether oxygens (including phenoxy) is 1. The second kappa shape index (κ2) is 10.7. The van der Waals surface area contributed by atoms with Crippen LogP contribution in [-0.2, 0) is 21.2 Å². The Balaban J connectivity index is 1.85. The van der Waals surface area contributed by atoms with Crippen molar-refractivity contribution < 1.29 is 17.9 Å². The van der Waals surface area contributed by atoms with Crippen LogP contribution in [0.2, 0.25) is 10.0 Å². The molecule has 0 saturated heterocycles. The molecule has 0 radical (unpaired) electrons. The van der Waals surface area contributed by atoms with Crippen LogP contribution < -0.4 is 14.4 Å². The number of anilines is 1. The summed E-state index contributed by atoms with van der Waals surface area (Å²) in [5, 5.41) is 3.84. The van der Waals surface area contributed by atoms with Crippen LogP contribution in [0, 0.1) is 0 Å². The number of hydrogen-bond donors (Lipinski definition) is 1. The van der Waals surface area contributed by atoms with Gasteiger partial charge in [0.25, 0.3) is 0 Å². The van der Waals surface area contributed by atoms with Gasteiger partial charge in [-0.05, 0) is 48.7 Å². The van der Waals surface area contributed by atoms with Gasteiger partial charge in [0.05, 0.1) is 24.1 Å². The third kappa shape index (κ3) is 7.42. The second-order valence-corrected chi connectivity index (χ2v) is 9.23. The number of methoxy groups -OCH3 is 1. The van der Waals surface area contributed by atoms with Crippen LogP contribution in [0.25, 0.3) is 0 Å². The molecule has 9 heteroatoms. The summed E-state index contributed by atoms with van der Waals surface area (Å²) in [5.74, 6) is 0.337. The topological polar surface area (TPSA) is 75.7 Å². The number of benzene rings is 2. The molecule has 0 aliphatic carbocycles. The lowest BCUT2D eigenvalue weighted by molar-refractivity contribution is -0.121. The summed E-state index contributed by atoms with van der Waals surface area (Å²) < 4.78 is 30.7. The van der Waals surface area contributed by atoms with E-state index in [2.05, 4.69) is 5.32 Å². The Morgan fingerprint density at radius 1 is 1.14 bits per heavy atom. The third-order valence-corrected chi connectivity index (χ3v) is 5.98. The molecule has 0 unspecified atom stereocenters. The van der Waals surface area contributed by atoms with Crippen molar-refractivity contribution >= 4 is 44.8 Å². The van der Waals surface area contributed by atoms with Gasteiger partial charge in [-0.2, -0.15) is 0 Å². The van der Waals surface area contributed by atoms with Crippen molar-refractivity contribution in [1.29, 1.82) is 0 Å². The Morgan fingerprint density at radius 2 is 1.83 bits per heavy atom. The van der Waals surface area contributed by atoms with Crippen molar-refractivity contribution in [2.75, 3.05) is 30.8 Å². The quantitative estimate of drug-likeness (QED) is 0.585. The minimum atomic E-state index is -3.52. The standard InChI is InChI=1S/C20H24Cl2N2O4S/c1-28-19-10-9-17(14-18(19)22)24(29(2,26)27)13-3-4-20(25)23-12-11-15-5-7-16(21)8-6-15/h5-10,14H,3-4,11-13H2,1-2H3,(H,23,25). The minimum Gasteiger partial charge on any atom is -0.495 e. The van der Waals surface area contributed by atoms with Crippen molar-refractivity contribution in [2.45, 2.75) is 19.3 Å². The predicted molar refractivity (Wildman–Crippen MR) is 118 cm³/mol. The molecule has 0 saturated carbocycles. The van der Waals surface area contributed by atoms with Gasteiger partial charge >= 0.3 is 0 Å². The molecule has 1 amide bonds. The first-order valence-corrected chi connectivity index (χ1v) is 11.6. The highest BCUT2D eigenvalue weighted by molar-refractivity contribution is 7.92. The van der Waals surface area contributed by atoms with Gasteiger partial charge in [0.2, 0.25) is 15.9 Å². The van der Waals surface area contributed by atoms with Crippen LogP contribution >= 0.6 is 23.2 Å². The van der Waals surface area contributed by atoms with E-state index in [-0.39, 0.29) is 18.9 Å². The third-order valence-electron chi connectivity index (χ3n) is 4.24. The lowest BCUT2D eigenvalue weighted by Gasteiger charge is -2.23. The Kier molecular flexibility index (Phi) is 8.61. The molecule has 6 nitrogen and oxygen atoms in total. The number of amides is 1. The SMILES string of the molecule is COc1ccc(N(CCCC(=O)NCCc2ccc(Cl)cc2)S(C)(=O)=O)cc1Cl. The zero-order valence-corrected chi connectivity index (χ0v) is 18.6. The summed E-state index contributed by atoms with van der Waals surface area (Å²) in [4.78, 5) is 12.1. The number of hydrogen-bond acceptors (Lipinski definition) is 4. The summed E-state index contributed by atoms with van der Waals surface area (Å²) in [5.41, 5.74) is 1.51. The second-order valence-electron chi connectivity index (χ2n) is 6.48. The number of carbonyl (C=O) groups is 1. The van der Waals surface area contributed by atoms with E-state index in [1.54, 1.807) is 12.1 Å². The molecule has 0 spiro atoms. The van der Waals surface area contributed by atoms with Gasteiger partial charge in [-0.1, -0.05) is 35.3 Å². The molecule has 0 heterocycles. The lowest BCUT2D eigenvalue weighted by atomic mass is 10.1. The Hall–Kier alpha value is -1.96. The summed E-state index contributed by atoms with van der Waals surface area (Å²) in [7, 11) is -2.03. The average Bonchev–Trinajstić information content (AvgIpc) is 2.66. The molecule has 1 N–H and O–H groups in total. The van der Waals surface area contributed by atoms with Gasteiger partial charge < -0.3 is 10.1 Å². The van der Waals surface area contributed by atoms with E-state index in [1.165, 1.54) is 17.5 Å². The van der Waals surface area contributed by atoms with E-state index in [0.29, 0.717) is 40.9 Å². The Labute approximate surface area is 181 Å². The van der Waals surface area contributed by atoms with Gasteiger partial charge in [-0.25, -0.2) is 8.42 Å². The zero-order chi connectivity index (χ0) is 21.4. The molecule has 158 valence electrons. The monoisotopic (exact) mass is 458 g/mol. The van der Waals surface area contributed by atoms with Crippen LogP contribution in [-0.4, -0.2) is 40.8 Å². The molecule has 0 bridgehead atoms. The van der Waals surface area contributed by atoms with Crippen LogP contribution in [0.15, 0.2) is 42.5 Å².